The minimum Gasteiger partial charge on any atom is -0.301 e. The summed E-state index contributed by atoms with van der Waals surface area (Å²) in [6.45, 7) is 6.37. The summed E-state index contributed by atoms with van der Waals surface area (Å²) in [6, 6.07) is 34.7. The summed E-state index contributed by atoms with van der Waals surface area (Å²) in [5.41, 5.74) is 7.81. The molecule has 1 aliphatic carbocycles. The van der Waals surface area contributed by atoms with Crippen molar-refractivity contribution in [3.63, 3.8) is 0 Å². The van der Waals surface area contributed by atoms with Gasteiger partial charge in [0.1, 0.15) is 40.4 Å². The molecule has 3 aromatic carbocycles. The van der Waals surface area contributed by atoms with Gasteiger partial charge < -0.3 is 4.90 Å². The molecule has 6 rings (SSSR count). The van der Waals surface area contributed by atoms with Gasteiger partial charge in [0.25, 0.3) is 0 Å². The fourth-order valence-corrected chi connectivity index (χ4v) is 7.26. The third-order valence-corrected chi connectivity index (χ3v) is 8.99. The van der Waals surface area contributed by atoms with Gasteiger partial charge in [0.05, 0.1) is 5.69 Å². The molecule has 0 spiro atoms. The Kier molecular flexibility index (Phi) is 6.37. The van der Waals surface area contributed by atoms with E-state index in [1.54, 1.807) is 11.3 Å². The third kappa shape index (κ3) is 3.95. The second-order valence-electron chi connectivity index (χ2n) is 10.7. The molecule has 0 saturated carbocycles. The number of nitriles is 4. The summed E-state index contributed by atoms with van der Waals surface area (Å²) < 4.78 is 0. The average molecular weight is 558 g/mol. The van der Waals surface area contributed by atoms with Gasteiger partial charge in [0, 0.05) is 27.1 Å². The summed E-state index contributed by atoms with van der Waals surface area (Å²) >= 11 is 1.60. The smallest absolute Gasteiger partial charge is 0.138 e. The van der Waals surface area contributed by atoms with Crippen molar-refractivity contribution < 1.29 is 0 Å². The summed E-state index contributed by atoms with van der Waals surface area (Å²) in [5.74, 6) is 0. The monoisotopic (exact) mass is 557 g/mol. The first-order valence-electron chi connectivity index (χ1n) is 13.4. The maximum atomic E-state index is 9.96. The molecule has 2 aliphatic rings. The minimum atomic E-state index is -0.299. The minimum absolute atomic E-state index is 0.0571. The highest BCUT2D eigenvalue weighted by atomic mass is 32.1. The van der Waals surface area contributed by atoms with Crippen LogP contribution in [-0.2, 0) is 5.41 Å². The van der Waals surface area contributed by atoms with Gasteiger partial charge in [0.15, 0.2) is 0 Å². The van der Waals surface area contributed by atoms with Crippen LogP contribution in [0.2, 0.25) is 0 Å². The molecule has 0 unspecified atom stereocenters. The molecule has 0 fully saturated rings. The number of anilines is 3. The summed E-state index contributed by atoms with van der Waals surface area (Å²) in [7, 11) is 0. The van der Waals surface area contributed by atoms with Gasteiger partial charge >= 0.3 is 0 Å². The molecule has 198 valence electrons. The molecule has 1 aliphatic heterocycles. The Bertz CT molecular complexity index is 2030. The van der Waals surface area contributed by atoms with Crippen molar-refractivity contribution in [1.29, 1.82) is 21.0 Å². The van der Waals surface area contributed by atoms with Gasteiger partial charge in [-0.3, -0.25) is 0 Å². The molecule has 0 bridgehead atoms. The zero-order valence-electron chi connectivity index (χ0n) is 23.2. The fourth-order valence-electron chi connectivity index (χ4n) is 5.97. The largest absolute Gasteiger partial charge is 0.301 e. The Labute approximate surface area is 249 Å². The maximum Gasteiger partial charge on any atom is 0.138 e. The van der Waals surface area contributed by atoms with E-state index < -0.39 is 0 Å². The van der Waals surface area contributed by atoms with Crippen LogP contribution in [-0.4, -0.2) is 0 Å². The van der Waals surface area contributed by atoms with Crippen molar-refractivity contribution in [3.8, 4) is 24.3 Å². The zero-order chi connectivity index (χ0) is 29.6. The molecule has 6 heteroatoms. The quantitative estimate of drug-likeness (QED) is 0.229. The maximum absolute atomic E-state index is 9.96. The number of fused-ring (bicyclic) bond motifs is 3. The molecule has 2 heterocycles. The number of allylic oxidation sites excluding steroid dienone is 5. The molecule has 1 aromatic heterocycles. The van der Waals surface area contributed by atoms with Crippen LogP contribution in [0.15, 0.2) is 95.6 Å². The second-order valence-corrected chi connectivity index (χ2v) is 11.8. The lowest BCUT2D eigenvalue weighted by molar-refractivity contribution is 0.635. The SMILES string of the molecule is Cc1ccc2c(c1)C(=C(C#N)C#N)/C(=C/c1cc3c(s1)N(c1ccccc1)c1ccccc1C3(C)C)C2=C(C#N)C#N. The number of thiophene rings is 1. The molecule has 4 aromatic rings. The normalized spacial score (nSPS) is 15.0. The summed E-state index contributed by atoms with van der Waals surface area (Å²) in [5, 5.41) is 40.9. The number of aryl methyl sites for hydroxylation is 1. The highest BCUT2D eigenvalue weighted by molar-refractivity contribution is 7.17. The Morgan fingerprint density at radius 2 is 1.36 bits per heavy atom. The Balaban J connectivity index is 1.66. The first-order valence-corrected chi connectivity index (χ1v) is 14.2. The molecule has 0 atom stereocenters. The van der Waals surface area contributed by atoms with Gasteiger partial charge in [-0.25, -0.2) is 0 Å². The lowest BCUT2D eigenvalue weighted by Gasteiger charge is -2.39. The van der Waals surface area contributed by atoms with E-state index in [9.17, 15) is 21.0 Å². The Hall–Kier alpha value is -5.66. The van der Waals surface area contributed by atoms with Crippen molar-refractivity contribution in [2.24, 2.45) is 0 Å². The number of benzene rings is 3. The number of hydrogen-bond acceptors (Lipinski definition) is 6. The van der Waals surface area contributed by atoms with Gasteiger partial charge in [-0.2, -0.15) is 21.0 Å². The van der Waals surface area contributed by atoms with Crippen molar-refractivity contribution in [1.82, 2.24) is 0 Å². The van der Waals surface area contributed by atoms with Gasteiger partial charge in [-0.05, 0) is 65.1 Å². The molecule has 0 amide bonds. The first kappa shape index (κ1) is 26.6. The van der Waals surface area contributed by atoms with Gasteiger partial charge in [0.2, 0.25) is 0 Å². The predicted molar refractivity (Wildman–Crippen MR) is 167 cm³/mol. The van der Waals surface area contributed by atoms with Gasteiger partial charge in [-0.1, -0.05) is 74.0 Å². The lowest BCUT2D eigenvalue weighted by Crippen LogP contribution is -2.29. The lowest BCUT2D eigenvalue weighted by atomic mass is 9.75. The van der Waals surface area contributed by atoms with Gasteiger partial charge in [-0.15, -0.1) is 11.3 Å². The summed E-state index contributed by atoms with van der Waals surface area (Å²) in [6.07, 6.45) is 1.93. The van der Waals surface area contributed by atoms with Crippen LogP contribution in [0.4, 0.5) is 16.4 Å². The molecule has 0 saturated heterocycles. The number of hydrogen-bond donors (Lipinski definition) is 0. The molecular formula is C36H23N5S. The van der Waals surface area contributed by atoms with E-state index in [4.69, 9.17) is 0 Å². The van der Waals surface area contributed by atoms with Crippen LogP contribution in [0.25, 0.3) is 17.2 Å². The fraction of sp³-hybridized carbons (Fsp3) is 0.111. The molecule has 5 nitrogen and oxygen atoms in total. The van der Waals surface area contributed by atoms with Crippen LogP contribution >= 0.6 is 11.3 Å². The Morgan fingerprint density at radius 1 is 0.738 bits per heavy atom. The van der Waals surface area contributed by atoms with Crippen LogP contribution in [0, 0.1) is 52.2 Å². The number of para-hydroxylation sites is 2. The number of nitrogens with zero attached hydrogens (tertiary/aromatic N) is 5. The second kappa shape index (κ2) is 10.1. The van der Waals surface area contributed by atoms with Crippen molar-refractivity contribution in [3.05, 3.63) is 128 Å². The van der Waals surface area contributed by atoms with Crippen LogP contribution in [0.1, 0.15) is 46.5 Å². The van der Waals surface area contributed by atoms with E-state index >= 15 is 0 Å². The predicted octanol–water partition coefficient (Wildman–Crippen LogP) is 8.86. The molecule has 42 heavy (non-hydrogen) atoms. The standard InChI is InChI=1S/C36H23N5S/c1-22-13-14-27-28(15-22)34(24(20-39)21-40)29(33(27)23(18-37)19-38)16-26-17-31-35(42-26)41(25-9-5-4-6-10-25)32-12-8-7-11-30(32)36(31,2)3/h4-17H,1-3H3/b29-16+. The van der Waals surface area contributed by atoms with Crippen molar-refractivity contribution in [2.45, 2.75) is 26.2 Å². The summed E-state index contributed by atoms with van der Waals surface area (Å²) in [4.78, 5) is 3.16. The van der Waals surface area contributed by atoms with E-state index in [0.717, 1.165) is 32.4 Å². The van der Waals surface area contributed by atoms with Crippen molar-refractivity contribution >= 4 is 44.9 Å². The van der Waals surface area contributed by atoms with E-state index in [-0.39, 0.29) is 16.6 Å². The third-order valence-electron chi connectivity index (χ3n) is 7.93. The topological polar surface area (TPSA) is 98.4 Å². The number of rotatable bonds is 2. The van der Waals surface area contributed by atoms with Crippen LogP contribution < -0.4 is 4.90 Å². The highest BCUT2D eigenvalue weighted by Crippen LogP contribution is 2.56. The van der Waals surface area contributed by atoms with Crippen LogP contribution in [0.3, 0.4) is 0 Å². The molecule has 0 radical (unpaired) electrons. The average Bonchev–Trinajstić information content (AvgIpc) is 3.56. The first-order chi connectivity index (χ1) is 20.3. The molecular weight excluding hydrogens is 534 g/mol. The zero-order valence-corrected chi connectivity index (χ0v) is 24.0. The highest BCUT2D eigenvalue weighted by Gasteiger charge is 2.39. The Morgan fingerprint density at radius 3 is 2.02 bits per heavy atom. The van der Waals surface area contributed by atoms with E-state index in [0.29, 0.717) is 27.8 Å². The molecule has 0 N–H and O–H groups in total. The van der Waals surface area contributed by atoms with E-state index in [2.05, 4.69) is 73.4 Å². The van der Waals surface area contributed by atoms with Crippen LogP contribution in [0.5, 0.6) is 0 Å². The van der Waals surface area contributed by atoms with E-state index in [1.807, 2.05) is 61.5 Å². The van der Waals surface area contributed by atoms with E-state index in [1.165, 1.54) is 5.56 Å². The van der Waals surface area contributed by atoms with Crippen molar-refractivity contribution in [2.75, 3.05) is 4.90 Å².